The minimum Gasteiger partial charge on any atom is -0.371 e. The van der Waals surface area contributed by atoms with Crippen molar-refractivity contribution >= 4 is 46.6 Å². The van der Waals surface area contributed by atoms with Crippen LogP contribution in [0.25, 0.3) is 0 Å². The molecule has 2 amide bonds. The first-order valence-corrected chi connectivity index (χ1v) is 12.9. The number of anilines is 2. The van der Waals surface area contributed by atoms with Crippen LogP contribution in [0, 0.1) is 0 Å². The maximum Gasteiger partial charge on any atom is 0.251 e. The molecule has 3 rings (SSSR count). The smallest absolute Gasteiger partial charge is 0.251 e. The fourth-order valence-corrected chi connectivity index (χ4v) is 4.96. The number of amides is 2. The van der Waals surface area contributed by atoms with Crippen LogP contribution in [0.1, 0.15) is 61.4 Å². The van der Waals surface area contributed by atoms with E-state index in [2.05, 4.69) is 22.9 Å². The molecule has 1 heterocycles. The van der Waals surface area contributed by atoms with E-state index in [1.807, 2.05) is 30.3 Å². The molecule has 7 heteroatoms. The fourth-order valence-electron chi connectivity index (χ4n) is 3.62. The summed E-state index contributed by atoms with van der Waals surface area (Å²) >= 11 is 7.87. The maximum atomic E-state index is 12.6. The average Bonchev–Trinajstić information content (AvgIpc) is 2.79. The molecule has 2 aromatic rings. The van der Waals surface area contributed by atoms with E-state index in [0.717, 1.165) is 34.9 Å². The SMILES string of the molecule is CCCCCCCCNC(=O)c1ccc2c(c1)NC(=O)[C@H](CSCc1ccccc1Cl)N2. The van der Waals surface area contributed by atoms with Crippen LogP contribution in [0.3, 0.4) is 0 Å². The number of benzene rings is 2. The predicted molar refractivity (Wildman–Crippen MR) is 136 cm³/mol. The number of thioether (sulfide) groups is 1. The number of rotatable bonds is 12. The standard InChI is InChI=1S/C25H32ClN3O2S/c1-2-3-4-5-6-9-14-27-24(30)18-12-13-21-22(15-18)29-25(31)23(28-21)17-32-16-19-10-7-8-11-20(19)26/h7-8,10-13,15,23,28H,2-6,9,14,16-17H2,1H3,(H,27,30)(H,29,31)/t23-/m0/s1. The van der Waals surface area contributed by atoms with Crippen LogP contribution in [0.4, 0.5) is 11.4 Å². The number of halogens is 1. The molecule has 0 bridgehead atoms. The van der Waals surface area contributed by atoms with E-state index >= 15 is 0 Å². The molecular formula is C25H32ClN3O2S. The monoisotopic (exact) mass is 473 g/mol. The molecular weight excluding hydrogens is 442 g/mol. The molecule has 0 aromatic heterocycles. The van der Waals surface area contributed by atoms with Crippen molar-refractivity contribution in [2.75, 3.05) is 22.9 Å². The van der Waals surface area contributed by atoms with Gasteiger partial charge in [0.15, 0.2) is 0 Å². The molecule has 1 aliphatic rings. The van der Waals surface area contributed by atoms with Crippen LogP contribution < -0.4 is 16.0 Å². The fraction of sp³-hybridized carbons (Fsp3) is 0.440. The van der Waals surface area contributed by atoms with Crippen molar-refractivity contribution in [1.29, 1.82) is 0 Å². The van der Waals surface area contributed by atoms with E-state index in [1.165, 1.54) is 25.7 Å². The first-order chi connectivity index (χ1) is 15.6. The molecule has 0 radical (unpaired) electrons. The number of unbranched alkanes of at least 4 members (excludes halogenated alkanes) is 5. The van der Waals surface area contributed by atoms with E-state index in [1.54, 1.807) is 23.9 Å². The molecule has 32 heavy (non-hydrogen) atoms. The van der Waals surface area contributed by atoms with Crippen molar-refractivity contribution in [2.24, 2.45) is 0 Å². The number of carbonyl (C=O) groups excluding carboxylic acids is 2. The van der Waals surface area contributed by atoms with Gasteiger partial charge in [-0.1, -0.05) is 68.8 Å². The lowest BCUT2D eigenvalue weighted by atomic mass is 10.1. The first kappa shape index (κ1) is 24.5. The third kappa shape index (κ3) is 7.17. The quantitative estimate of drug-likeness (QED) is 0.326. The van der Waals surface area contributed by atoms with Gasteiger partial charge in [0.25, 0.3) is 5.91 Å². The van der Waals surface area contributed by atoms with Crippen LogP contribution in [0.5, 0.6) is 0 Å². The minimum absolute atomic E-state index is 0.0891. The van der Waals surface area contributed by atoms with Crippen molar-refractivity contribution in [1.82, 2.24) is 5.32 Å². The number of carbonyl (C=O) groups is 2. The first-order valence-electron chi connectivity index (χ1n) is 11.4. The highest BCUT2D eigenvalue weighted by atomic mass is 35.5. The summed E-state index contributed by atoms with van der Waals surface area (Å²) in [5, 5.41) is 9.96. The molecule has 0 saturated heterocycles. The van der Waals surface area contributed by atoms with E-state index in [-0.39, 0.29) is 17.9 Å². The topological polar surface area (TPSA) is 70.2 Å². The molecule has 0 fully saturated rings. The normalized spacial score (nSPS) is 14.9. The van der Waals surface area contributed by atoms with Crippen molar-refractivity contribution in [3.63, 3.8) is 0 Å². The van der Waals surface area contributed by atoms with Gasteiger partial charge in [-0.15, -0.1) is 0 Å². The van der Waals surface area contributed by atoms with E-state index in [9.17, 15) is 9.59 Å². The van der Waals surface area contributed by atoms with Crippen molar-refractivity contribution < 1.29 is 9.59 Å². The van der Waals surface area contributed by atoms with E-state index in [4.69, 9.17) is 11.6 Å². The van der Waals surface area contributed by atoms with Gasteiger partial charge in [0.2, 0.25) is 5.91 Å². The zero-order valence-electron chi connectivity index (χ0n) is 18.6. The molecule has 0 unspecified atom stereocenters. The zero-order chi connectivity index (χ0) is 22.8. The average molecular weight is 474 g/mol. The second kappa shape index (κ2) is 12.8. The molecule has 2 aromatic carbocycles. The molecule has 172 valence electrons. The highest BCUT2D eigenvalue weighted by Crippen LogP contribution is 2.29. The Morgan fingerprint density at radius 1 is 1.06 bits per heavy atom. The summed E-state index contributed by atoms with van der Waals surface area (Å²) in [6, 6.07) is 12.8. The second-order valence-electron chi connectivity index (χ2n) is 8.08. The van der Waals surface area contributed by atoms with E-state index in [0.29, 0.717) is 23.5 Å². The summed E-state index contributed by atoms with van der Waals surface area (Å²) in [6.07, 6.45) is 7.14. The van der Waals surface area contributed by atoms with Gasteiger partial charge in [-0.3, -0.25) is 9.59 Å². The Morgan fingerprint density at radius 2 is 1.84 bits per heavy atom. The van der Waals surface area contributed by atoms with Gasteiger partial charge in [-0.25, -0.2) is 0 Å². The van der Waals surface area contributed by atoms with Gasteiger partial charge in [0, 0.05) is 28.6 Å². The molecule has 1 atom stereocenters. The number of nitrogens with one attached hydrogen (secondary N) is 3. The summed E-state index contributed by atoms with van der Waals surface area (Å²) in [5.41, 5.74) is 3.10. The van der Waals surface area contributed by atoms with Gasteiger partial charge < -0.3 is 16.0 Å². The lowest BCUT2D eigenvalue weighted by molar-refractivity contribution is -0.116. The molecule has 3 N–H and O–H groups in total. The van der Waals surface area contributed by atoms with Gasteiger partial charge in [0.1, 0.15) is 6.04 Å². The number of hydrogen-bond donors (Lipinski definition) is 3. The molecule has 0 aliphatic carbocycles. The minimum atomic E-state index is -0.331. The Kier molecular flexibility index (Phi) is 9.75. The van der Waals surface area contributed by atoms with Crippen LogP contribution in [0.2, 0.25) is 5.02 Å². The van der Waals surface area contributed by atoms with Gasteiger partial charge in [-0.05, 0) is 36.2 Å². The summed E-state index contributed by atoms with van der Waals surface area (Å²) in [7, 11) is 0. The second-order valence-corrected chi connectivity index (χ2v) is 9.51. The maximum absolute atomic E-state index is 12.6. The Bertz CT molecular complexity index is 922. The number of hydrogen-bond acceptors (Lipinski definition) is 4. The molecule has 1 aliphatic heterocycles. The zero-order valence-corrected chi connectivity index (χ0v) is 20.2. The lowest BCUT2D eigenvalue weighted by Gasteiger charge is -2.27. The van der Waals surface area contributed by atoms with Crippen LogP contribution in [-0.2, 0) is 10.5 Å². The van der Waals surface area contributed by atoms with E-state index < -0.39 is 0 Å². The molecule has 5 nitrogen and oxygen atoms in total. The third-order valence-corrected chi connectivity index (χ3v) is 6.95. The summed E-state index contributed by atoms with van der Waals surface area (Å²) in [6.45, 7) is 2.88. The Morgan fingerprint density at radius 3 is 2.66 bits per heavy atom. The highest BCUT2D eigenvalue weighted by molar-refractivity contribution is 7.98. The predicted octanol–water partition coefficient (Wildman–Crippen LogP) is 6.10. The van der Waals surface area contributed by atoms with Crippen LogP contribution in [0.15, 0.2) is 42.5 Å². The van der Waals surface area contributed by atoms with Crippen LogP contribution in [-0.4, -0.2) is 30.2 Å². The largest absolute Gasteiger partial charge is 0.371 e. The summed E-state index contributed by atoms with van der Waals surface area (Å²) in [5.74, 6) is 1.17. The summed E-state index contributed by atoms with van der Waals surface area (Å²) in [4.78, 5) is 25.0. The highest BCUT2D eigenvalue weighted by Gasteiger charge is 2.26. The summed E-state index contributed by atoms with van der Waals surface area (Å²) < 4.78 is 0. The molecule has 0 spiro atoms. The number of fused-ring (bicyclic) bond motifs is 1. The lowest BCUT2D eigenvalue weighted by Crippen LogP contribution is -2.40. The Hall–Kier alpha value is -2.18. The van der Waals surface area contributed by atoms with Crippen LogP contribution >= 0.6 is 23.4 Å². The van der Waals surface area contributed by atoms with Crippen molar-refractivity contribution in [2.45, 2.75) is 57.2 Å². The Balaban J connectivity index is 1.46. The third-order valence-electron chi connectivity index (χ3n) is 5.50. The van der Waals surface area contributed by atoms with Gasteiger partial charge >= 0.3 is 0 Å². The van der Waals surface area contributed by atoms with Gasteiger partial charge in [0.05, 0.1) is 11.4 Å². The Labute approximate surface area is 200 Å². The van der Waals surface area contributed by atoms with Gasteiger partial charge in [-0.2, -0.15) is 11.8 Å². The van der Waals surface area contributed by atoms with Crippen molar-refractivity contribution in [3.8, 4) is 0 Å². The molecule has 0 saturated carbocycles. The van der Waals surface area contributed by atoms with Crippen molar-refractivity contribution in [3.05, 3.63) is 58.6 Å².